The fourth-order valence-electron chi connectivity index (χ4n) is 1.88. The molecule has 0 aliphatic heterocycles. The van der Waals surface area contributed by atoms with Crippen LogP contribution in [0.1, 0.15) is 29.2 Å². The van der Waals surface area contributed by atoms with Crippen LogP contribution in [0.3, 0.4) is 0 Å². The third-order valence-corrected chi connectivity index (χ3v) is 2.67. The van der Waals surface area contributed by atoms with E-state index in [2.05, 4.69) is 0 Å². The molecule has 0 spiro atoms. The zero-order valence-electron chi connectivity index (χ0n) is 7.10. The zero-order valence-corrected chi connectivity index (χ0v) is 7.10. The van der Waals surface area contributed by atoms with Crippen LogP contribution in [0, 0.1) is 12.7 Å². The molecule has 0 aromatic heterocycles. The maximum atomic E-state index is 13.1. The largest absolute Gasteiger partial charge is 0.324 e. The van der Waals surface area contributed by atoms with Crippen molar-refractivity contribution >= 4 is 0 Å². The van der Waals surface area contributed by atoms with E-state index in [1.165, 1.54) is 6.07 Å². The standard InChI is InChI=1S/C10H12FN/c1-6-7-3-5-10(12)8(7)2-4-9(6)11/h2,4,10H,3,5,12H2,1H3. The molecular formula is C10H12FN. The number of benzene rings is 1. The Kier molecular flexibility index (Phi) is 1.65. The van der Waals surface area contributed by atoms with Crippen molar-refractivity contribution in [3.05, 3.63) is 34.6 Å². The Bertz CT molecular complexity index is 320. The van der Waals surface area contributed by atoms with Gasteiger partial charge in [0.05, 0.1) is 0 Å². The van der Waals surface area contributed by atoms with E-state index in [4.69, 9.17) is 5.73 Å². The minimum Gasteiger partial charge on any atom is -0.324 e. The van der Waals surface area contributed by atoms with Gasteiger partial charge in [-0.2, -0.15) is 0 Å². The number of hydrogen-bond donors (Lipinski definition) is 1. The summed E-state index contributed by atoms with van der Waals surface area (Å²) in [5, 5.41) is 0. The Hall–Kier alpha value is -0.890. The Morgan fingerprint density at radius 3 is 3.00 bits per heavy atom. The van der Waals surface area contributed by atoms with Gasteiger partial charge >= 0.3 is 0 Å². The van der Waals surface area contributed by atoms with Gasteiger partial charge in [-0.3, -0.25) is 0 Å². The van der Waals surface area contributed by atoms with Crippen molar-refractivity contribution in [1.29, 1.82) is 0 Å². The maximum Gasteiger partial charge on any atom is 0.126 e. The van der Waals surface area contributed by atoms with E-state index in [0.717, 1.165) is 29.5 Å². The second-order valence-electron chi connectivity index (χ2n) is 3.39. The summed E-state index contributed by atoms with van der Waals surface area (Å²) in [6, 6.07) is 3.45. The average molecular weight is 165 g/mol. The molecule has 0 radical (unpaired) electrons. The first kappa shape index (κ1) is 7.74. The second kappa shape index (κ2) is 2.56. The number of nitrogens with two attached hydrogens (primary N) is 1. The highest BCUT2D eigenvalue weighted by atomic mass is 19.1. The summed E-state index contributed by atoms with van der Waals surface area (Å²) >= 11 is 0. The van der Waals surface area contributed by atoms with Gasteiger partial charge < -0.3 is 5.73 Å². The molecule has 1 nitrogen and oxygen atoms in total. The van der Waals surface area contributed by atoms with Gasteiger partial charge in [-0.15, -0.1) is 0 Å². The lowest BCUT2D eigenvalue weighted by molar-refractivity contribution is 0.616. The molecular weight excluding hydrogens is 153 g/mol. The van der Waals surface area contributed by atoms with Crippen molar-refractivity contribution in [2.75, 3.05) is 0 Å². The van der Waals surface area contributed by atoms with Crippen LogP contribution in [0.4, 0.5) is 4.39 Å². The Labute approximate surface area is 71.4 Å². The predicted octanol–water partition coefficient (Wildman–Crippen LogP) is 2.08. The van der Waals surface area contributed by atoms with Crippen LogP contribution in [0.15, 0.2) is 12.1 Å². The molecule has 1 atom stereocenters. The first-order valence-corrected chi connectivity index (χ1v) is 4.23. The molecule has 1 aromatic carbocycles. The number of hydrogen-bond acceptors (Lipinski definition) is 1. The Morgan fingerprint density at radius 2 is 2.25 bits per heavy atom. The van der Waals surface area contributed by atoms with Crippen LogP contribution in [-0.4, -0.2) is 0 Å². The van der Waals surface area contributed by atoms with Crippen molar-refractivity contribution in [1.82, 2.24) is 0 Å². The highest BCUT2D eigenvalue weighted by Crippen LogP contribution is 2.32. The van der Waals surface area contributed by atoms with Crippen molar-refractivity contribution in [3.63, 3.8) is 0 Å². The molecule has 0 saturated heterocycles. The van der Waals surface area contributed by atoms with Gasteiger partial charge in [0.1, 0.15) is 5.82 Å². The fraction of sp³-hybridized carbons (Fsp3) is 0.400. The Balaban J connectivity index is 2.60. The first-order chi connectivity index (χ1) is 5.70. The summed E-state index contributed by atoms with van der Waals surface area (Å²) in [7, 11) is 0. The molecule has 1 unspecified atom stereocenters. The lowest BCUT2D eigenvalue weighted by Crippen LogP contribution is -2.05. The van der Waals surface area contributed by atoms with Crippen LogP contribution in [0.2, 0.25) is 0 Å². The maximum absolute atomic E-state index is 13.1. The summed E-state index contributed by atoms with van der Waals surface area (Å²) < 4.78 is 13.1. The summed E-state index contributed by atoms with van der Waals surface area (Å²) in [6.07, 6.45) is 1.89. The SMILES string of the molecule is Cc1c(F)ccc2c1CCC2N. The lowest BCUT2D eigenvalue weighted by Gasteiger charge is -2.06. The number of halogens is 1. The molecule has 1 aliphatic carbocycles. The van der Waals surface area contributed by atoms with Crippen LogP contribution in [0.25, 0.3) is 0 Å². The van der Waals surface area contributed by atoms with E-state index in [9.17, 15) is 4.39 Å². The van der Waals surface area contributed by atoms with Gasteiger partial charge in [0.2, 0.25) is 0 Å². The second-order valence-corrected chi connectivity index (χ2v) is 3.39. The quantitative estimate of drug-likeness (QED) is 0.625. The van der Waals surface area contributed by atoms with Crippen molar-refractivity contribution in [2.45, 2.75) is 25.8 Å². The van der Waals surface area contributed by atoms with Gasteiger partial charge in [0, 0.05) is 6.04 Å². The molecule has 0 fully saturated rings. The summed E-state index contributed by atoms with van der Waals surface area (Å²) in [5.41, 5.74) is 8.88. The molecule has 12 heavy (non-hydrogen) atoms. The van der Waals surface area contributed by atoms with Gasteiger partial charge in [-0.1, -0.05) is 6.07 Å². The highest BCUT2D eigenvalue weighted by molar-refractivity contribution is 5.40. The van der Waals surface area contributed by atoms with E-state index in [1.807, 2.05) is 13.0 Å². The molecule has 0 saturated carbocycles. The van der Waals surface area contributed by atoms with E-state index >= 15 is 0 Å². The molecule has 2 N–H and O–H groups in total. The predicted molar refractivity (Wildman–Crippen MR) is 46.4 cm³/mol. The molecule has 64 valence electrons. The molecule has 0 bridgehead atoms. The minimum absolute atomic E-state index is 0.108. The Morgan fingerprint density at radius 1 is 1.50 bits per heavy atom. The number of fused-ring (bicyclic) bond motifs is 1. The summed E-state index contributed by atoms with van der Waals surface area (Å²) in [6.45, 7) is 1.83. The first-order valence-electron chi connectivity index (χ1n) is 4.23. The summed E-state index contributed by atoms with van der Waals surface area (Å²) in [4.78, 5) is 0. The molecule has 1 aromatic rings. The highest BCUT2D eigenvalue weighted by Gasteiger charge is 2.21. The third-order valence-electron chi connectivity index (χ3n) is 2.67. The van der Waals surface area contributed by atoms with Crippen LogP contribution >= 0.6 is 0 Å². The number of rotatable bonds is 0. The molecule has 2 rings (SSSR count). The fourth-order valence-corrected chi connectivity index (χ4v) is 1.88. The summed E-state index contributed by atoms with van der Waals surface area (Å²) in [5.74, 6) is -0.108. The van der Waals surface area contributed by atoms with Gasteiger partial charge in [-0.05, 0) is 42.5 Å². The minimum atomic E-state index is -0.108. The molecule has 2 heteroatoms. The van der Waals surface area contributed by atoms with Crippen LogP contribution in [0.5, 0.6) is 0 Å². The van der Waals surface area contributed by atoms with Crippen molar-refractivity contribution in [2.24, 2.45) is 5.73 Å². The topological polar surface area (TPSA) is 26.0 Å². The molecule has 0 amide bonds. The third kappa shape index (κ3) is 0.950. The smallest absolute Gasteiger partial charge is 0.126 e. The van der Waals surface area contributed by atoms with Gasteiger partial charge in [0.15, 0.2) is 0 Å². The van der Waals surface area contributed by atoms with Gasteiger partial charge in [0.25, 0.3) is 0 Å². The lowest BCUT2D eigenvalue weighted by atomic mass is 10.0. The van der Waals surface area contributed by atoms with E-state index in [1.54, 1.807) is 0 Å². The van der Waals surface area contributed by atoms with Crippen molar-refractivity contribution < 1.29 is 4.39 Å². The van der Waals surface area contributed by atoms with E-state index in [0.29, 0.717) is 0 Å². The van der Waals surface area contributed by atoms with E-state index < -0.39 is 0 Å². The zero-order chi connectivity index (χ0) is 8.72. The monoisotopic (exact) mass is 165 g/mol. The normalized spacial score (nSPS) is 21.1. The van der Waals surface area contributed by atoms with E-state index in [-0.39, 0.29) is 11.9 Å². The van der Waals surface area contributed by atoms with Crippen LogP contribution in [-0.2, 0) is 6.42 Å². The van der Waals surface area contributed by atoms with Gasteiger partial charge in [-0.25, -0.2) is 4.39 Å². The average Bonchev–Trinajstić information content (AvgIpc) is 2.41. The van der Waals surface area contributed by atoms with Crippen LogP contribution < -0.4 is 5.73 Å². The molecule has 1 aliphatic rings. The van der Waals surface area contributed by atoms with Crippen molar-refractivity contribution in [3.8, 4) is 0 Å². The molecule has 0 heterocycles.